The van der Waals surface area contributed by atoms with Crippen molar-refractivity contribution < 1.29 is 28.2 Å². The highest BCUT2D eigenvalue weighted by molar-refractivity contribution is 7.99. The molecule has 0 aliphatic rings. The Bertz CT molecular complexity index is 484. The summed E-state index contributed by atoms with van der Waals surface area (Å²) in [4.78, 5) is 22.7. The van der Waals surface area contributed by atoms with Crippen molar-refractivity contribution in [1.82, 2.24) is 5.32 Å². The number of carbonyl (C=O) groups is 2. The molecule has 110 valence electrons. The second kappa shape index (κ2) is 7.81. The Labute approximate surface area is 118 Å². The highest BCUT2D eigenvalue weighted by Crippen LogP contribution is 2.28. The van der Waals surface area contributed by atoms with E-state index >= 15 is 0 Å². The quantitative estimate of drug-likeness (QED) is 0.752. The zero-order chi connectivity index (χ0) is 15.1. The lowest BCUT2D eigenvalue weighted by Gasteiger charge is -2.13. The molecule has 0 radical (unpaired) electrons. The van der Waals surface area contributed by atoms with Crippen molar-refractivity contribution in [3.8, 4) is 0 Å². The summed E-state index contributed by atoms with van der Waals surface area (Å²) in [5.41, 5.74) is 0.0676. The van der Waals surface area contributed by atoms with Gasteiger partial charge in [-0.15, -0.1) is 0 Å². The fourth-order valence-electron chi connectivity index (χ4n) is 1.41. The van der Waals surface area contributed by atoms with E-state index in [2.05, 4.69) is 10.1 Å². The van der Waals surface area contributed by atoms with Crippen molar-refractivity contribution in [1.29, 1.82) is 0 Å². The first-order valence-corrected chi connectivity index (χ1v) is 6.41. The minimum Gasteiger partial charge on any atom is -0.479 e. The third kappa shape index (κ3) is 4.78. The molecule has 20 heavy (non-hydrogen) atoms. The Morgan fingerprint density at radius 2 is 2.05 bits per heavy atom. The monoisotopic (exact) mass is 305 g/mol. The molecule has 1 rings (SSSR count). The van der Waals surface area contributed by atoms with Gasteiger partial charge in [-0.3, -0.25) is 4.79 Å². The number of ether oxygens (including phenoxy) is 1. The maximum Gasteiger partial charge on any atom is 0.334 e. The normalized spacial score (nSPS) is 12.2. The summed E-state index contributed by atoms with van der Waals surface area (Å²) in [6.07, 6.45) is -1.19. The molecule has 0 aliphatic heterocycles. The maximum absolute atomic E-state index is 12.4. The molecule has 0 spiro atoms. The second-order valence-electron chi connectivity index (χ2n) is 3.65. The van der Waals surface area contributed by atoms with Crippen LogP contribution in [0.3, 0.4) is 0 Å². The average molecular weight is 305 g/mol. The third-order valence-corrected chi connectivity index (χ3v) is 3.14. The highest BCUT2D eigenvalue weighted by atomic mass is 32.2. The summed E-state index contributed by atoms with van der Waals surface area (Å²) in [5, 5.41) is 11.1. The number of nitrogens with one attached hydrogen (secondary N) is 1. The van der Waals surface area contributed by atoms with Gasteiger partial charge in [0.15, 0.2) is 6.10 Å². The molecule has 0 aromatic heterocycles. The predicted octanol–water partition coefficient (Wildman–Crippen LogP) is 1.83. The number of carbonyl (C=O) groups excluding carboxylic acids is 1. The van der Waals surface area contributed by atoms with E-state index in [0.29, 0.717) is 0 Å². The van der Waals surface area contributed by atoms with Gasteiger partial charge in [-0.05, 0) is 12.1 Å². The molecule has 0 fully saturated rings. The number of methoxy groups -OCH3 is 1. The second-order valence-corrected chi connectivity index (χ2v) is 4.68. The molecule has 0 saturated heterocycles. The number of alkyl halides is 2. The summed E-state index contributed by atoms with van der Waals surface area (Å²) in [6, 6.07) is 5.87. The Morgan fingerprint density at radius 1 is 1.40 bits per heavy atom. The van der Waals surface area contributed by atoms with E-state index in [0.717, 1.165) is 0 Å². The van der Waals surface area contributed by atoms with Gasteiger partial charge in [-0.1, -0.05) is 23.9 Å². The smallest absolute Gasteiger partial charge is 0.334 e. The number of carboxylic acid groups (broad SMARTS) is 1. The topological polar surface area (TPSA) is 75.6 Å². The number of amides is 1. The fraction of sp³-hybridized carbons (Fsp3) is 0.333. The molecular formula is C12H13F2NO4S. The van der Waals surface area contributed by atoms with E-state index in [1.165, 1.54) is 31.4 Å². The van der Waals surface area contributed by atoms with Gasteiger partial charge in [0.2, 0.25) is 0 Å². The molecule has 1 aromatic rings. The zero-order valence-electron chi connectivity index (χ0n) is 10.5. The summed E-state index contributed by atoms with van der Waals surface area (Å²) in [5.74, 6) is -4.49. The molecule has 1 amide bonds. The van der Waals surface area contributed by atoms with Gasteiger partial charge in [-0.2, -0.15) is 8.78 Å². The van der Waals surface area contributed by atoms with Crippen molar-refractivity contribution in [2.75, 3.05) is 13.7 Å². The number of halogens is 2. The summed E-state index contributed by atoms with van der Waals surface area (Å²) >= 11 is 0.258. The largest absolute Gasteiger partial charge is 0.479 e. The lowest BCUT2D eigenvalue weighted by Crippen LogP contribution is -2.38. The maximum atomic E-state index is 12.4. The predicted molar refractivity (Wildman–Crippen MR) is 69.1 cm³/mol. The van der Waals surface area contributed by atoms with Gasteiger partial charge in [0, 0.05) is 12.0 Å². The molecule has 2 N–H and O–H groups in total. The Hall–Kier alpha value is -1.67. The van der Waals surface area contributed by atoms with Crippen LogP contribution in [0.2, 0.25) is 0 Å². The van der Waals surface area contributed by atoms with Crippen LogP contribution in [0.5, 0.6) is 0 Å². The average Bonchev–Trinajstić information content (AvgIpc) is 2.38. The minimum absolute atomic E-state index is 0.0676. The van der Waals surface area contributed by atoms with E-state index < -0.39 is 23.7 Å². The van der Waals surface area contributed by atoms with E-state index in [9.17, 15) is 18.4 Å². The number of hydrogen-bond acceptors (Lipinski definition) is 4. The van der Waals surface area contributed by atoms with Crippen LogP contribution < -0.4 is 5.32 Å². The molecule has 0 saturated carbocycles. The van der Waals surface area contributed by atoms with Crippen LogP contribution in [0, 0.1) is 0 Å². The van der Waals surface area contributed by atoms with Crippen molar-refractivity contribution >= 4 is 23.6 Å². The lowest BCUT2D eigenvalue weighted by atomic mass is 10.2. The van der Waals surface area contributed by atoms with Crippen LogP contribution in [0.4, 0.5) is 8.78 Å². The van der Waals surface area contributed by atoms with Crippen molar-refractivity contribution in [2.45, 2.75) is 16.8 Å². The van der Waals surface area contributed by atoms with Crippen LogP contribution >= 0.6 is 11.8 Å². The van der Waals surface area contributed by atoms with Crippen LogP contribution in [0.15, 0.2) is 29.2 Å². The highest BCUT2D eigenvalue weighted by Gasteiger charge is 2.19. The van der Waals surface area contributed by atoms with E-state index in [-0.39, 0.29) is 28.8 Å². The van der Waals surface area contributed by atoms with Gasteiger partial charge >= 0.3 is 5.97 Å². The Morgan fingerprint density at radius 3 is 2.60 bits per heavy atom. The number of thioether (sulfide) groups is 1. The summed E-state index contributed by atoms with van der Waals surface area (Å²) < 4.78 is 29.4. The standard InChI is InChI=1S/C12H13F2NO4S/c1-19-8(11(17)18)6-15-10(16)7-4-2-3-5-9(7)20-12(13)14/h2-5,8,12H,6H2,1H3,(H,15,16)(H,17,18). The number of benzene rings is 1. The number of rotatable bonds is 7. The Kier molecular flexibility index (Phi) is 6.40. The van der Waals surface area contributed by atoms with Crippen LogP contribution in [0.1, 0.15) is 10.4 Å². The van der Waals surface area contributed by atoms with Gasteiger partial charge in [0.05, 0.1) is 12.1 Å². The van der Waals surface area contributed by atoms with Gasteiger partial charge in [0.25, 0.3) is 11.7 Å². The SMILES string of the molecule is COC(CNC(=O)c1ccccc1SC(F)F)C(=O)O. The first kappa shape index (κ1) is 16.4. The van der Waals surface area contributed by atoms with Gasteiger partial charge in [0.1, 0.15) is 0 Å². The van der Waals surface area contributed by atoms with Crippen molar-refractivity contribution in [3.05, 3.63) is 29.8 Å². The van der Waals surface area contributed by atoms with E-state index in [4.69, 9.17) is 5.11 Å². The molecule has 0 aliphatic carbocycles. The molecule has 1 atom stereocenters. The van der Waals surface area contributed by atoms with Gasteiger partial charge < -0.3 is 15.2 Å². The van der Waals surface area contributed by atoms with Crippen LogP contribution in [-0.4, -0.2) is 42.5 Å². The number of hydrogen-bond donors (Lipinski definition) is 2. The molecule has 0 heterocycles. The minimum atomic E-state index is -2.64. The van der Waals surface area contributed by atoms with E-state index in [1.54, 1.807) is 0 Å². The number of aliphatic carboxylic acids is 1. The van der Waals surface area contributed by atoms with Crippen molar-refractivity contribution in [3.63, 3.8) is 0 Å². The number of carboxylic acids is 1. The molecule has 5 nitrogen and oxygen atoms in total. The Balaban J connectivity index is 2.74. The zero-order valence-corrected chi connectivity index (χ0v) is 11.3. The molecule has 8 heteroatoms. The lowest BCUT2D eigenvalue weighted by molar-refractivity contribution is -0.148. The fourth-order valence-corrected chi connectivity index (χ4v) is 2.04. The van der Waals surface area contributed by atoms with E-state index in [1.807, 2.05) is 0 Å². The van der Waals surface area contributed by atoms with Gasteiger partial charge in [-0.25, -0.2) is 4.79 Å². The molecule has 0 bridgehead atoms. The molecule has 1 aromatic carbocycles. The first-order chi connectivity index (χ1) is 9.45. The van der Waals surface area contributed by atoms with Crippen LogP contribution in [-0.2, 0) is 9.53 Å². The summed E-state index contributed by atoms with van der Waals surface area (Å²) in [6.45, 7) is -0.252. The first-order valence-electron chi connectivity index (χ1n) is 5.53. The summed E-state index contributed by atoms with van der Waals surface area (Å²) in [7, 11) is 1.20. The van der Waals surface area contributed by atoms with Crippen molar-refractivity contribution in [2.24, 2.45) is 0 Å². The van der Waals surface area contributed by atoms with Crippen LogP contribution in [0.25, 0.3) is 0 Å². The third-order valence-electron chi connectivity index (χ3n) is 2.36. The molecular weight excluding hydrogens is 292 g/mol. The molecule has 1 unspecified atom stereocenters.